The Morgan fingerprint density at radius 2 is 2.21 bits per heavy atom. The van der Waals surface area contributed by atoms with Crippen LogP contribution in [0.25, 0.3) is 0 Å². The van der Waals surface area contributed by atoms with Crippen LogP contribution in [0.15, 0.2) is 47.5 Å². The lowest BCUT2D eigenvalue weighted by Crippen LogP contribution is -2.01. The number of thioether (sulfide) groups is 1. The average Bonchev–Trinajstić information content (AvgIpc) is 2.46. The highest BCUT2D eigenvalue weighted by Crippen LogP contribution is 2.23. The maximum Gasteiger partial charge on any atom is 0.337 e. The molecule has 0 saturated carbocycles. The zero-order chi connectivity index (χ0) is 13.7. The predicted octanol–water partition coefficient (Wildman–Crippen LogP) is 2.74. The number of nitrogens with two attached hydrogens (primary N) is 1. The van der Waals surface area contributed by atoms with Crippen molar-refractivity contribution in [1.29, 1.82) is 0 Å². The third-order valence-corrected chi connectivity index (χ3v) is 3.57. The maximum atomic E-state index is 11.4. The monoisotopic (exact) mass is 274 g/mol. The van der Waals surface area contributed by atoms with Gasteiger partial charge in [0.25, 0.3) is 0 Å². The number of aromatic nitrogens is 1. The lowest BCUT2D eigenvalue weighted by molar-refractivity contribution is 0.0600. The summed E-state index contributed by atoms with van der Waals surface area (Å²) in [6, 6.07) is 11.1. The first-order chi connectivity index (χ1) is 9.19. The molecule has 4 nitrogen and oxygen atoms in total. The number of nitrogen functional groups attached to an aromatic ring is 1. The first-order valence-corrected chi connectivity index (χ1v) is 6.69. The molecule has 0 aliphatic heterocycles. The number of rotatable bonds is 4. The van der Waals surface area contributed by atoms with Crippen molar-refractivity contribution in [2.24, 2.45) is 0 Å². The molecule has 5 heteroatoms. The number of benzene rings is 1. The summed E-state index contributed by atoms with van der Waals surface area (Å²) in [4.78, 5) is 16.5. The summed E-state index contributed by atoms with van der Waals surface area (Å²) in [5, 5.41) is 0. The topological polar surface area (TPSA) is 65.2 Å². The molecule has 0 bridgehead atoms. The fraction of sp³-hybridized carbons (Fsp3) is 0.143. The van der Waals surface area contributed by atoms with Gasteiger partial charge in [-0.15, -0.1) is 11.8 Å². The van der Waals surface area contributed by atoms with Crippen molar-refractivity contribution in [1.82, 2.24) is 4.98 Å². The molecule has 0 aliphatic rings. The molecule has 1 heterocycles. The highest BCUT2D eigenvalue weighted by atomic mass is 32.2. The molecule has 0 unspecified atom stereocenters. The lowest BCUT2D eigenvalue weighted by Gasteiger charge is -2.04. The van der Waals surface area contributed by atoms with Crippen molar-refractivity contribution in [2.75, 3.05) is 12.8 Å². The molecule has 0 fully saturated rings. The van der Waals surface area contributed by atoms with Gasteiger partial charge in [-0.1, -0.05) is 12.1 Å². The molecule has 1 aromatic carbocycles. The first kappa shape index (κ1) is 13.4. The van der Waals surface area contributed by atoms with Crippen LogP contribution < -0.4 is 5.73 Å². The van der Waals surface area contributed by atoms with E-state index in [-0.39, 0.29) is 5.97 Å². The van der Waals surface area contributed by atoms with Gasteiger partial charge < -0.3 is 10.5 Å². The van der Waals surface area contributed by atoms with Crippen LogP contribution >= 0.6 is 11.8 Å². The van der Waals surface area contributed by atoms with Crippen LogP contribution in [0, 0.1) is 0 Å². The number of nitrogens with zero attached hydrogens (tertiary/aromatic N) is 1. The summed E-state index contributed by atoms with van der Waals surface area (Å²) in [5.41, 5.74) is 7.16. The zero-order valence-corrected chi connectivity index (χ0v) is 11.3. The number of hydrogen-bond donors (Lipinski definition) is 1. The van der Waals surface area contributed by atoms with E-state index >= 15 is 0 Å². The number of carbonyl (C=O) groups is 1. The third kappa shape index (κ3) is 3.72. The van der Waals surface area contributed by atoms with E-state index in [4.69, 9.17) is 10.5 Å². The molecule has 0 atom stereocenters. The van der Waals surface area contributed by atoms with E-state index in [1.165, 1.54) is 7.11 Å². The molecule has 0 aliphatic carbocycles. The van der Waals surface area contributed by atoms with Gasteiger partial charge in [0.15, 0.2) is 0 Å². The Balaban J connectivity index is 2.03. The van der Waals surface area contributed by atoms with E-state index in [0.717, 1.165) is 16.2 Å². The number of pyridine rings is 1. The minimum atomic E-state index is -0.319. The van der Waals surface area contributed by atoms with Gasteiger partial charge in [-0.3, -0.25) is 0 Å². The molecule has 2 N–H and O–H groups in total. The third-order valence-electron chi connectivity index (χ3n) is 2.51. The van der Waals surface area contributed by atoms with E-state index in [9.17, 15) is 4.79 Å². The smallest absolute Gasteiger partial charge is 0.337 e. The summed E-state index contributed by atoms with van der Waals surface area (Å²) >= 11 is 1.64. The summed E-state index contributed by atoms with van der Waals surface area (Å²) in [7, 11) is 1.38. The van der Waals surface area contributed by atoms with Gasteiger partial charge in [0, 0.05) is 16.8 Å². The Bertz CT molecular complexity index is 570. The summed E-state index contributed by atoms with van der Waals surface area (Å²) in [6.07, 6.45) is 1.74. The van der Waals surface area contributed by atoms with Crippen LogP contribution in [0.4, 0.5) is 5.82 Å². The molecule has 2 aromatic rings. The van der Waals surface area contributed by atoms with Gasteiger partial charge in [0.1, 0.15) is 5.82 Å². The molecule has 98 valence electrons. The van der Waals surface area contributed by atoms with Crippen molar-refractivity contribution in [3.8, 4) is 0 Å². The van der Waals surface area contributed by atoms with Crippen LogP contribution in [-0.4, -0.2) is 18.1 Å². The minimum Gasteiger partial charge on any atom is -0.465 e. The largest absolute Gasteiger partial charge is 0.465 e. The van der Waals surface area contributed by atoms with Crippen LogP contribution in [-0.2, 0) is 10.5 Å². The lowest BCUT2D eigenvalue weighted by atomic mass is 10.1. The summed E-state index contributed by atoms with van der Waals surface area (Å²) in [6.45, 7) is 0. The van der Waals surface area contributed by atoms with E-state index in [1.54, 1.807) is 30.1 Å². The van der Waals surface area contributed by atoms with Gasteiger partial charge in [0.05, 0.1) is 12.7 Å². The molecule has 0 saturated heterocycles. The molecular weight excluding hydrogens is 260 g/mol. The van der Waals surface area contributed by atoms with Gasteiger partial charge in [-0.05, 0) is 29.8 Å². The zero-order valence-electron chi connectivity index (χ0n) is 10.5. The minimum absolute atomic E-state index is 0.319. The highest BCUT2D eigenvalue weighted by molar-refractivity contribution is 7.98. The Kier molecular flexibility index (Phi) is 4.41. The second kappa shape index (κ2) is 6.24. The number of methoxy groups -OCH3 is 1. The molecule has 0 spiro atoms. The Labute approximate surface area is 116 Å². The Morgan fingerprint density at radius 1 is 1.37 bits per heavy atom. The van der Waals surface area contributed by atoms with Gasteiger partial charge in [0.2, 0.25) is 0 Å². The normalized spacial score (nSPS) is 10.2. The number of ether oxygens (including phenoxy) is 1. The van der Waals surface area contributed by atoms with Crippen molar-refractivity contribution in [2.45, 2.75) is 10.6 Å². The molecule has 1 aromatic heterocycles. The van der Waals surface area contributed by atoms with Crippen molar-refractivity contribution in [3.63, 3.8) is 0 Å². The number of carbonyl (C=O) groups excluding carboxylic acids is 1. The molecular formula is C14H14N2O2S. The molecule has 0 radical (unpaired) electrons. The van der Waals surface area contributed by atoms with Crippen molar-refractivity contribution >= 4 is 23.5 Å². The standard InChI is InChI=1S/C14H14N2O2S/c1-18-14(17)11-4-2-3-10(7-11)9-19-12-5-6-13(15)16-8-12/h2-8H,9H2,1H3,(H2,15,16). The average molecular weight is 274 g/mol. The summed E-state index contributed by atoms with van der Waals surface area (Å²) < 4.78 is 4.70. The predicted molar refractivity (Wildman–Crippen MR) is 76.0 cm³/mol. The van der Waals surface area contributed by atoms with Crippen molar-refractivity contribution < 1.29 is 9.53 Å². The van der Waals surface area contributed by atoms with E-state index in [2.05, 4.69) is 4.98 Å². The quantitative estimate of drug-likeness (QED) is 0.686. The fourth-order valence-electron chi connectivity index (χ4n) is 1.55. The van der Waals surface area contributed by atoms with Crippen LogP contribution in [0.3, 0.4) is 0 Å². The molecule has 2 rings (SSSR count). The van der Waals surface area contributed by atoms with Gasteiger partial charge in [-0.25, -0.2) is 9.78 Å². The highest BCUT2D eigenvalue weighted by Gasteiger charge is 2.05. The number of anilines is 1. The summed E-state index contributed by atoms with van der Waals surface area (Å²) in [5.74, 6) is 0.953. The maximum absolute atomic E-state index is 11.4. The SMILES string of the molecule is COC(=O)c1cccc(CSc2ccc(N)nc2)c1. The first-order valence-electron chi connectivity index (χ1n) is 5.70. The van der Waals surface area contributed by atoms with Crippen LogP contribution in [0.1, 0.15) is 15.9 Å². The van der Waals surface area contributed by atoms with Crippen LogP contribution in [0.5, 0.6) is 0 Å². The molecule has 19 heavy (non-hydrogen) atoms. The van der Waals surface area contributed by atoms with Crippen molar-refractivity contribution in [3.05, 3.63) is 53.7 Å². The van der Waals surface area contributed by atoms with E-state index in [0.29, 0.717) is 11.4 Å². The van der Waals surface area contributed by atoms with Crippen LogP contribution in [0.2, 0.25) is 0 Å². The fourth-order valence-corrected chi connectivity index (χ4v) is 2.35. The second-order valence-electron chi connectivity index (χ2n) is 3.90. The second-order valence-corrected chi connectivity index (χ2v) is 4.95. The molecule has 0 amide bonds. The van der Waals surface area contributed by atoms with Gasteiger partial charge in [-0.2, -0.15) is 0 Å². The van der Waals surface area contributed by atoms with E-state index in [1.807, 2.05) is 24.3 Å². The Hall–Kier alpha value is -2.01. The Morgan fingerprint density at radius 3 is 2.89 bits per heavy atom. The van der Waals surface area contributed by atoms with Gasteiger partial charge >= 0.3 is 5.97 Å². The number of esters is 1. The van der Waals surface area contributed by atoms with E-state index < -0.39 is 0 Å². The number of hydrogen-bond acceptors (Lipinski definition) is 5.